The van der Waals surface area contributed by atoms with E-state index >= 15 is 0 Å². The average Bonchev–Trinajstić information content (AvgIpc) is 2.60. The van der Waals surface area contributed by atoms with Gasteiger partial charge in [-0.25, -0.2) is 0 Å². The Balaban J connectivity index is 2.34. The van der Waals surface area contributed by atoms with E-state index in [1.54, 1.807) is 0 Å². The van der Waals surface area contributed by atoms with Gasteiger partial charge in [-0.2, -0.15) is 11.8 Å². The van der Waals surface area contributed by atoms with Crippen LogP contribution in [-0.2, 0) is 0 Å². The second-order valence-electron chi connectivity index (χ2n) is 5.31. The van der Waals surface area contributed by atoms with Gasteiger partial charge in [-0.1, -0.05) is 26.7 Å². The normalized spacial score (nSPS) is 28.6. The van der Waals surface area contributed by atoms with Crippen LogP contribution in [0.4, 0.5) is 0 Å². The Morgan fingerprint density at radius 1 is 1.40 bits per heavy atom. The van der Waals surface area contributed by atoms with Crippen LogP contribution < -0.4 is 11.3 Å². The molecule has 3 N–H and O–H groups in total. The standard InChI is InChI=1S/C12H26N2S/c1-10(2)6-4-7-11(14-13)12(3)8-5-9-15-12/h10-11,14H,4-9,13H2,1-3H3. The van der Waals surface area contributed by atoms with E-state index < -0.39 is 0 Å². The molecule has 15 heavy (non-hydrogen) atoms. The quantitative estimate of drug-likeness (QED) is 0.544. The van der Waals surface area contributed by atoms with Gasteiger partial charge in [0.1, 0.15) is 0 Å². The lowest BCUT2D eigenvalue weighted by Gasteiger charge is -2.33. The molecule has 0 radical (unpaired) electrons. The molecule has 0 amide bonds. The Morgan fingerprint density at radius 2 is 2.13 bits per heavy atom. The van der Waals surface area contributed by atoms with Crippen molar-refractivity contribution in [3.05, 3.63) is 0 Å². The van der Waals surface area contributed by atoms with Crippen molar-refractivity contribution in [3.8, 4) is 0 Å². The zero-order valence-electron chi connectivity index (χ0n) is 10.4. The second-order valence-corrected chi connectivity index (χ2v) is 6.94. The van der Waals surface area contributed by atoms with Gasteiger partial charge >= 0.3 is 0 Å². The van der Waals surface area contributed by atoms with Crippen LogP contribution in [0.15, 0.2) is 0 Å². The summed E-state index contributed by atoms with van der Waals surface area (Å²) in [5, 5.41) is 0. The van der Waals surface area contributed by atoms with Gasteiger partial charge in [0.25, 0.3) is 0 Å². The lowest BCUT2D eigenvalue weighted by Crippen LogP contribution is -2.48. The fourth-order valence-corrected chi connectivity index (χ4v) is 3.80. The summed E-state index contributed by atoms with van der Waals surface area (Å²) >= 11 is 2.09. The van der Waals surface area contributed by atoms with E-state index in [0.29, 0.717) is 10.8 Å². The lowest BCUT2D eigenvalue weighted by atomic mass is 9.91. The number of hydrogen-bond acceptors (Lipinski definition) is 3. The van der Waals surface area contributed by atoms with Crippen molar-refractivity contribution >= 4 is 11.8 Å². The molecule has 1 fully saturated rings. The van der Waals surface area contributed by atoms with Crippen molar-refractivity contribution in [2.45, 2.75) is 63.7 Å². The Kier molecular flexibility index (Phi) is 5.44. The van der Waals surface area contributed by atoms with Crippen LogP contribution >= 0.6 is 11.8 Å². The minimum atomic E-state index is 0.381. The third-order valence-corrected chi connectivity index (χ3v) is 5.10. The number of hydrazine groups is 1. The molecule has 90 valence electrons. The molecule has 0 aliphatic carbocycles. The molecule has 2 nitrogen and oxygen atoms in total. The zero-order chi connectivity index (χ0) is 11.3. The SMILES string of the molecule is CC(C)CCCC(NN)C1(C)CCCS1. The maximum absolute atomic E-state index is 5.69. The molecular weight excluding hydrogens is 204 g/mol. The van der Waals surface area contributed by atoms with E-state index in [0.717, 1.165) is 5.92 Å². The first kappa shape index (κ1) is 13.3. The first-order chi connectivity index (χ1) is 7.08. The van der Waals surface area contributed by atoms with Crippen LogP contribution in [0, 0.1) is 5.92 Å². The molecule has 3 heteroatoms. The van der Waals surface area contributed by atoms with E-state index in [1.807, 2.05) is 0 Å². The molecule has 0 aromatic carbocycles. The minimum absolute atomic E-state index is 0.381. The summed E-state index contributed by atoms with van der Waals surface area (Å²) in [6.07, 6.45) is 6.50. The molecule has 1 aliphatic rings. The summed E-state index contributed by atoms with van der Waals surface area (Å²) in [5.74, 6) is 7.81. The summed E-state index contributed by atoms with van der Waals surface area (Å²) in [4.78, 5) is 0. The van der Waals surface area contributed by atoms with Crippen LogP contribution in [0.5, 0.6) is 0 Å². The van der Waals surface area contributed by atoms with Crippen molar-refractivity contribution in [2.24, 2.45) is 11.8 Å². The van der Waals surface area contributed by atoms with E-state index in [1.165, 1.54) is 37.9 Å². The number of hydrogen-bond donors (Lipinski definition) is 2. The van der Waals surface area contributed by atoms with Crippen molar-refractivity contribution in [1.82, 2.24) is 5.43 Å². The summed E-state index contributed by atoms with van der Waals surface area (Å²) < 4.78 is 0.381. The maximum Gasteiger partial charge on any atom is 0.0354 e. The molecule has 2 atom stereocenters. The highest BCUT2D eigenvalue weighted by Gasteiger charge is 2.36. The van der Waals surface area contributed by atoms with Crippen molar-refractivity contribution in [3.63, 3.8) is 0 Å². The summed E-state index contributed by atoms with van der Waals surface area (Å²) in [6, 6.07) is 0.490. The fourth-order valence-electron chi connectivity index (χ4n) is 2.37. The Labute approximate surface area is 98.7 Å². The highest BCUT2D eigenvalue weighted by atomic mass is 32.2. The Bertz CT molecular complexity index is 176. The molecular formula is C12H26N2S. The molecule has 1 heterocycles. The molecule has 0 bridgehead atoms. The molecule has 0 aromatic heterocycles. The second kappa shape index (κ2) is 6.12. The minimum Gasteiger partial charge on any atom is -0.271 e. The molecule has 1 saturated heterocycles. The summed E-state index contributed by atoms with van der Waals surface area (Å²) in [6.45, 7) is 6.94. The third kappa shape index (κ3) is 3.97. The average molecular weight is 230 g/mol. The van der Waals surface area contributed by atoms with Crippen molar-refractivity contribution in [1.29, 1.82) is 0 Å². The van der Waals surface area contributed by atoms with Crippen LogP contribution in [0.1, 0.15) is 52.9 Å². The van der Waals surface area contributed by atoms with Gasteiger partial charge < -0.3 is 0 Å². The summed E-state index contributed by atoms with van der Waals surface area (Å²) in [5.41, 5.74) is 3.04. The number of nitrogens with two attached hydrogens (primary N) is 1. The van der Waals surface area contributed by atoms with Gasteiger partial charge in [0.15, 0.2) is 0 Å². The van der Waals surface area contributed by atoms with Gasteiger partial charge in [0, 0.05) is 10.8 Å². The molecule has 0 aromatic rings. The molecule has 1 rings (SSSR count). The van der Waals surface area contributed by atoms with E-state index in [9.17, 15) is 0 Å². The van der Waals surface area contributed by atoms with E-state index in [-0.39, 0.29) is 0 Å². The fraction of sp³-hybridized carbons (Fsp3) is 1.00. The lowest BCUT2D eigenvalue weighted by molar-refractivity contribution is 0.365. The molecule has 1 aliphatic heterocycles. The summed E-state index contributed by atoms with van der Waals surface area (Å²) in [7, 11) is 0. The first-order valence-electron chi connectivity index (χ1n) is 6.18. The molecule has 0 spiro atoms. The Hall–Kier alpha value is 0.270. The van der Waals surface area contributed by atoms with Gasteiger partial charge in [-0.05, 0) is 37.9 Å². The van der Waals surface area contributed by atoms with Crippen molar-refractivity contribution in [2.75, 3.05) is 5.75 Å². The van der Waals surface area contributed by atoms with Crippen molar-refractivity contribution < 1.29 is 0 Å². The molecule has 0 saturated carbocycles. The number of thioether (sulfide) groups is 1. The van der Waals surface area contributed by atoms with Gasteiger partial charge in [-0.3, -0.25) is 11.3 Å². The van der Waals surface area contributed by atoms with Crippen LogP contribution in [0.2, 0.25) is 0 Å². The van der Waals surface area contributed by atoms with Gasteiger partial charge in [0.2, 0.25) is 0 Å². The zero-order valence-corrected chi connectivity index (χ0v) is 11.2. The van der Waals surface area contributed by atoms with Crippen LogP contribution in [0.25, 0.3) is 0 Å². The smallest absolute Gasteiger partial charge is 0.0354 e. The van der Waals surface area contributed by atoms with E-state index in [2.05, 4.69) is 38.0 Å². The predicted molar refractivity (Wildman–Crippen MR) is 69.9 cm³/mol. The number of nitrogens with one attached hydrogen (secondary N) is 1. The highest BCUT2D eigenvalue weighted by molar-refractivity contribution is 8.00. The van der Waals surface area contributed by atoms with E-state index in [4.69, 9.17) is 5.84 Å². The third-order valence-electron chi connectivity index (χ3n) is 3.46. The molecule has 2 unspecified atom stereocenters. The van der Waals surface area contributed by atoms with Gasteiger partial charge in [0.05, 0.1) is 0 Å². The van der Waals surface area contributed by atoms with Crippen LogP contribution in [-0.4, -0.2) is 16.5 Å². The highest BCUT2D eigenvalue weighted by Crippen LogP contribution is 2.41. The Morgan fingerprint density at radius 3 is 2.60 bits per heavy atom. The largest absolute Gasteiger partial charge is 0.271 e. The predicted octanol–water partition coefficient (Wildman–Crippen LogP) is 2.93. The van der Waals surface area contributed by atoms with Crippen LogP contribution in [0.3, 0.4) is 0 Å². The number of rotatable bonds is 6. The van der Waals surface area contributed by atoms with Gasteiger partial charge in [-0.15, -0.1) is 0 Å². The topological polar surface area (TPSA) is 38.0 Å². The monoisotopic (exact) mass is 230 g/mol. The first-order valence-corrected chi connectivity index (χ1v) is 7.17. The maximum atomic E-state index is 5.69.